The Labute approximate surface area is 222 Å². The Balaban J connectivity index is 1.63. The number of aryl methyl sites for hydroxylation is 1. The van der Waals surface area contributed by atoms with Gasteiger partial charge in [0.25, 0.3) is 11.2 Å². The highest BCUT2D eigenvalue weighted by atomic mass is 127. The molecule has 0 fully saturated rings. The number of nitrogens with zero attached hydrogens (tertiary/aromatic N) is 5. The first-order valence-electron chi connectivity index (χ1n) is 9.23. The highest BCUT2D eigenvalue weighted by molar-refractivity contribution is 14.1. The average molecular weight is 732 g/mol. The summed E-state index contributed by atoms with van der Waals surface area (Å²) in [4.78, 5) is 31.6. The molecule has 9 nitrogen and oxygen atoms in total. The topological polar surface area (TPSA) is 113 Å². The number of rotatable bonds is 5. The molecule has 0 radical (unpaired) electrons. The van der Waals surface area contributed by atoms with Crippen LogP contribution in [0, 0.1) is 24.2 Å². The number of nitro groups is 1. The summed E-state index contributed by atoms with van der Waals surface area (Å²) in [6.45, 7) is 1.72. The Morgan fingerprint density at radius 1 is 1.18 bits per heavy atom. The molecule has 0 bridgehead atoms. The molecule has 33 heavy (non-hydrogen) atoms. The van der Waals surface area contributed by atoms with Crippen LogP contribution in [0.15, 0.2) is 63.0 Å². The lowest BCUT2D eigenvalue weighted by molar-refractivity contribution is -0.385. The molecular weight excluding hydrogens is 720 g/mol. The average Bonchev–Trinajstić information content (AvgIpc) is 2.77. The van der Waals surface area contributed by atoms with Gasteiger partial charge in [-0.25, -0.2) is 9.97 Å². The fraction of sp³-hybridized carbons (Fsp3) is 0.0476. The normalized spacial score (nSPS) is 11.3. The molecule has 0 spiro atoms. The predicted octanol–water partition coefficient (Wildman–Crippen LogP) is 5.65. The van der Waals surface area contributed by atoms with Crippen LogP contribution in [-0.4, -0.2) is 25.8 Å². The third-order valence-electron chi connectivity index (χ3n) is 4.45. The molecule has 0 N–H and O–H groups in total. The van der Waals surface area contributed by atoms with E-state index in [1.54, 1.807) is 25.3 Å². The Hall–Kier alpha value is -2.46. The largest absolute Gasteiger partial charge is 0.437 e. The van der Waals surface area contributed by atoms with E-state index < -0.39 is 4.92 Å². The quantitative estimate of drug-likeness (QED) is 0.114. The molecule has 0 saturated carbocycles. The van der Waals surface area contributed by atoms with Crippen LogP contribution in [0.3, 0.4) is 0 Å². The molecule has 0 saturated heterocycles. The second-order valence-electron chi connectivity index (χ2n) is 6.71. The van der Waals surface area contributed by atoms with Crippen molar-refractivity contribution in [1.82, 2.24) is 14.6 Å². The maximum Gasteiger partial charge on any atom is 0.287 e. The van der Waals surface area contributed by atoms with Crippen LogP contribution < -0.4 is 10.3 Å². The van der Waals surface area contributed by atoms with Crippen molar-refractivity contribution in [3.63, 3.8) is 0 Å². The molecular formula is C21H12BrI2N5O4. The van der Waals surface area contributed by atoms with E-state index >= 15 is 0 Å². The summed E-state index contributed by atoms with van der Waals surface area (Å²) < 4.78 is 9.44. The molecule has 12 heteroatoms. The summed E-state index contributed by atoms with van der Waals surface area (Å²) in [6, 6.07) is 11.8. The second-order valence-corrected chi connectivity index (χ2v) is 9.95. The lowest BCUT2D eigenvalue weighted by atomic mass is 10.2. The van der Waals surface area contributed by atoms with Gasteiger partial charge < -0.3 is 4.74 Å². The van der Waals surface area contributed by atoms with Crippen molar-refractivity contribution in [1.29, 1.82) is 0 Å². The van der Waals surface area contributed by atoms with E-state index in [0.29, 0.717) is 22.5 Å². The summed E-state index contributed by atoms with van der Waals surface area (Å²) in [6.07, 6.45) is 2.73. The smallest absolute Gasteiger partial charge is 0.287 e. The third kappa shape index (κ3) is 5.22. The fourth-order valence-electron chi connectivity index (χ4n) is 2.92. The molecule has 0 unspecified atom stereocenters. The molecule has 2 heterocycles. The van der Waals surface area contributed by atoms with Gasteiger partial charge in [0.1, 0.15) is 12.0 Å². The molecule has 4 aromatic rings. The Morgan fingerprint density at radius 2 is 1.91 bits per heavy atom. The number of hydrogen-bond acceptors (Lipinski definition) is 7. The van der Waals surface area contributed by atoms with Crippen LogP contribution in [0.5, 0.6) is 11.6 Å². The van der Waals surface area contributed by atoms with Crippen LogP contribution in [0.4, 0.5) is 5.69 Å². The summed E-state index contributed by atoms with van der Waals surface area (Å²) in [5.41, 5.74) is 0.995. The van der Waals surface area contributed by atoms with E-state index in [4.69, 9.17) is 4.74 Å². The second kappa shape index (κ2) is 9.80. The predicted molar refractivity (Wildman–Crippen MR) is 144 cm³/mol. The highest BCUT2D eigenvalue weighted by Crippen LogP contribution is 2.32. The SMILES string of the molecule is Cc1nc2ccc(Br)cc2c(=O)n1N=Cc1cc(I)c(Oc2ccc([N+](=O)[O-])cn2)c(I)c1. The standard InChI is InChI=1S/C21H12BrI2N5O4/c1-11-27-18-4-2-13(22)8-15(18)21(30)28(11)26-9-12-6-16(23)20(17(24)7-12)33-19-5-3-14(10-25-19)29(31)32/h2-10H,1H3. The van der Waals surface area contributed by atoms with Crippen molar-refractivity contribution >= 4 is 83.9 Å². The number of benzene rings is 2. The molecule has 0 aliphatic rings. The van der Waals surface area contributed by atoms with Crippen molar-refractivity contribution < 1.29 is 9.66 Å². The Morgan fingerprint density at radius 3 is 2.55 bits per heavy atom. The molecule has 0 amide bonds. The van der Waals surface area contributed by atoms with Gasteiger partial charge in [0.15, 0.2) is 5.75 Å². The number of fused-ring (bicyclic) bond motifs is 1. The van der Waals surface area contributed by atoms with Crippen molar-refractivity contribution in [2.24, 2.45) is 5.10 Å². The van der Waals surface area contributed by atoms with Crippen molar-refractivity contribution in [3.05, 3.63) is 92.1 Å². The fourth-order valence-corrected chi connectivity index (χ4v) is 5.31. The third-order valence-corrected chi connectivity index (χ3v) is 6.55. The van der Waals surface area contributed by atoms with Crippen LogP contribution in [0.1, 0.15) is 11.4 Å². The Kier molecular flexibility index (Phi) is 7.04. The van der Waals surface area contributed by atoms with E-state index in [9.17, 15) is 14.9 Å². The van der Waals surface area contributed by atoms with Crippen molar-refractivity contribution in [3.8, 4) is 11.6 Å². The Bertz CT molecular complexity index is 1470. The molecule has 0 aliphatic carbocycles. The van der Waals surface area contributed by atoms with Crippen LogP contribution in [0.2, 0.25) is 0 Å². The van der Waals surface area contributed by atoms with Gasteiger partial charge in [-0.1, -0.05) is 15.9 Å². The van der Waals surface area contributed by atoms with Gasteiger partial charge in [-0.05, 0) is 88.0 Å². The first kappa shape index (κ1) is 23.7. The minimum Gasteiger partial charge on any atom is -0.437 e. The zero-order valence-corrected chi connectivity index (χ0v) is 22.6. The number of pyridine rings is 1. The summed E-state index contributed by atoms with van der Waals surface area (Å²) in [5, 5.41) is 15.6. The first-order chi connectivity index (χ1) is 15.7. The van der Waals surface area contributed by atoms with Gasteiger partial charge in [-0.3, -0.25) is 14.9 Å². The number of hydrogen-bond donors (Lipinski definition) is 0. The zero-order chi connectivity index (χ0) is 23.7. The van der Waals surface area contributed by atoms with Gasteiger partial charge in [-0.2, -0.15) is 9.78 Å². The molecule has 0 aliphatic heterocycles. The molecule has 4 rings (SSSR count). The summed E-state index contributed by atoms with van der Waals surface area (Å²) in [7, 11) is 0. The maximum atomic E-state index is 12.9. The van der Waals surface area contributed by atoms with E-state index in [-0.39, 0.29) is 17.1 Å². The number of ether oxygens (including phenoxy) is 1. The van der Waals surface area contributed by atoms with Crippen LogP contribution in [0.25, 0.3) is 10.9 Å². The summed E-state index contributed by atoms with van der Waals surface area (Å²) in [5.74, 6) is 1.29. The molecule has 0 atom stereocenters. The van der Waals surface area contributed by atoms with Crippen molar-refractivity contribution in [2.45, 2.75) is 6.92 Å². The first-order valence-corrected chi connectivity index (χ1v) is 12.2. The van der Waals surface area contributed by atoms with Gasteiger partial charge >= 0.3 is 0 Å². The number of aromatic nitrogens is 3. The minimum absolute atomic E-state index is 0.112. The molecule has 166 valence electrons. The van der Waals surface area contributed by atoms with Gasteiger partial charge in [0, 0.05) is 16.6 Å². The molecule has 2 aromatic carbocycles. The van der Waals surface area contributed by atoms with E-state index in [1.165, 1.54) is 16.8 Å². The van der Waals surface area contributed by atoms with Crippen molar-refractivity contribution in [2.75, 3.05) is 0 Å². The van der Waals surface area contributed by atoms with Crippen LogP contribution in [-0.2, 0) is 0 Å². The van der Waals surface area contributed by atoms with Gasteiger partial charge in [-0.15, -0.1) is 0 Å². The van der Waals surface area contributed by atoms with Gasteiger partial charge in [0.05, 0.1) is 29.2 Å². The lowest BCUT2D eigenvalue weighted by Gasteiger charge is -2.10. The minimum atomic E-state index is -0.518. The highest BCUT2D eigenvalue weighted by Gasteiger charge is 2.13. The van der Waals surface area contributed by atoms with E-state index in [2.05, 4.69) is 76.2 Å². The zero-order valence-electron chi connectivity index (χ0n) is 16.7. The monoisotopic (exact) mass is 731 g/mol. The lowest BCUT2D eigenvalue weighted by Crippen LogP contribution is -2.20. The molecule has 2 aromatic heterocycles. The maximum absolute atomic E-state index is 12.9. The van der Waals surface area contributed by atoms with Gasteiger partial charge in [0.2, 0.25) is 5.88 Å². The van der Waals surface area contributed by atoms with E-state index in [1.807, 2.05) is 18.2 Å². The van der Waals surface area contributed by atoms with E-state index in [0.717, 1.165) is 23.4 Å². The van der Waals surface area contributed by atoms with Crippen LogP contribution >= 0.6 is 61.1 Å². The number of halogens is 3. The summed E-state index contributed by atoms with van der Waals surface area (Å²) >= 11 is 7.63.